The number of nitrogens with zero attached hydrogens (tertiary/aromatic N) is 1. The fraction of sp³-hybridized carbons (Fsp3) is 0.286. The van der Waals surface area contributed by atoms with Gasteiger partial charge in [-0.3, -0.25) is 4.79 Å². The number of carbonyl (C=O) groups is 1. The third-order valence-electron chi connectivity index (χ3n) is 2.92. The highest BCUT2D eigenvalue weighted by Crippen LogP contribution is 2.20. The van der Waals surface area contributed by atoms with Gasteiger partial charge in [0.2, 0.25) is 0 Å². The van der Waals surface area contributed by atoms with E-state index in [1.54, 1.807) is 12.1 Å². The van der Waals surface area contributed by atoms with Crippen LogP contribution in [0, 0.1) is 0 Å². The topological polar surface area (TPSA) is 70.8 Å². The highest BCUT2D eigenvalue weighted by Gasteiger charge is 2.08. The van der Waals surface area contributed by atoms with Crippen LogP contribution in [0.3, 0.4) is 0 Å². The summed E-state index contributed by atoms with van der Waals surface area (Å²) in [5.74, 6) is -0.928. The quantitative estimate of drug-likeness (QED) is 0.851. The maximum atomic E-state index is 11.8. The molecule has 5 nitrogen and oxygen atoms in total. The first-order chi connectivity index (χ1) is 8.97. The van der Waals surface area contributed by atoms with Gasteiger partial charge in [-0.05, 0) is 24.6 Å². The number of hydrogen-bond acceptors (Lipinski definition) is 4. The normalized spacial score (nSPS) is 10.6. The van der Waals surface area contributed by atoms with E-state index >= 15 is 0 Å². The number of fused-ring (bicyclic) bond motifs is 1. The third kappa shape index (κ3) is 2.93. The molecule has 0 saturated heterocycles. The molecule has 0 spiro atoms. The van der Waals surface area contributed by atoms with E-state index in [2.05, 4.69) is 0 Å². The van der Waals surface area contributed by atoms with Crippen molar-refractivity contribution in [3.05, 3.63) is 40.2 Å². The molecule has 0 atom stereocenters. The zero-order valence-corrected chi connectivity index (χ0v) is 10.8. The van der Waals surface area contributed by atoms with E-state index in [1.165, 1.54) is 0 Å². The second-order valence-corrected chi connectivity index (χ2v) is 4.57. The fourth-order valence-corrected chi connectivity index (χ4v) is 1.84. The van der Waals surface area contributed by atoms with Crippen LogP contribution in [0.2, 0.25) is 0 Å². The van der Waals surface area contributed by atoms with Crippen molar-refractivity contribution < 1.29 is 14.3 Å². The van der Waals surface area contributed by atoms with Crippen LogP contribution in [-0.4, -0.2) is 25.2 Å². The van der Waals surface area contributed by atoms with Crippen LogP contribution in [0.4, 0.5) is 5.69 Å². The smallest absolute Gasteiger partial charge is 0.339 e. The van der Waals surface area contributed by atoms with Gasteiger partial charge in [0.05, 0.1) is 0 Å². The van der Waals surface area contributed by atoms with Crippen LogP contribution in [-0.2, 0) is 11.2 Å². The number of rotatable bonds is 4. The van der Waals surface area contributed by atoms with Crippen LogP contribution in [0.15, 0.2) is 33.5 Å². The Morgan fingerprint density at radius 2 is 2.05 bits per heavy atom. The van der Waals surface area contributed by atoms with Crippen molar-refractivity contribution in [2.75, 3.05) is 19.0 Å². The highest BCUT2D eigenvalue weighted by molar-refractivity contribution is 5.81. The summed E-state index contributed by atoms with van der Waals surface area (Å²) >= 11 is 0. The van der Waals surface area contributed by atoms with Gasteiger partial charge < -0.3 is 14.4 Å². The van der Waals surface area contributed by atoms with Gasteiger partial charge in [-0.1, -0.05) is 0 Å². The van der Waals surface area contributed by atoms with E-state index in [0.717, 1.165) is 11.1 Å². The van der Waals surface area contributed by atoms with Crippen LogP contribution in [0.5, 0.6) is 0 Å². The second kappa shape index (κ2) is 5.14. The third-order valence-corrected chi connectivity index (χ3v) is 2.92. The molecule has 1 aromatic heterocycles. The van der Waals surface area contributed by atoms with Crippen molar-refractivity contribution in [2.24, 2.45) is 0 Å². The minimum absolute atomic E-state index is 0.0773. The molecule has 0 aliphatic carbocycles. The lowest BCUT2D eigenvalue weighted by atomic mass is 10.1. The Kier molecular flexibility index (Phi) is 3.55. The van der Waals surface area contributed by atoms with Gasteiger partial charge in [0, 0.05) is 43.2 Å². The molecular weight excluding hydrogens is 246 g/mol. The Morgan fingerprint density at radius 1 is 1.32 bits per heavy atom. The van der Waals surface area contributed by atoms with Crippen LogP contribution in [0.1, 0.15) is 12.0 Å². The molecule has 1 N–H and O–H groups in total. The molecule has 100 valence electrons. The van der Waals surface area contributed by atoms with Crippen molar-refractivity contribution in [3.8, 4) is 0 Å². The predicted molar refractivity (Wildman–Crippen MR) is 72.8 cm³/mol. The van der Waals surface area contributed by atoms with Crippen molar-refractivity contribution >= 4 is 22.6 Å². The number of anilines is 1. The molecule has 5 heteroatoms. The minimum atomic E-state index is -0.928. The van der Waals surface area contributed by atoms with E-state index in [9.17, 15) is 9.59 Å². The summed E-state index contributed by atoms with van der Waals surface area (Å²) in [7, 11) is 3.81. The molecule has 0 bridgehead atoms. The van der Waals surface area contributed by atoms with E-state index < -0.39 is 11.6 Å². The van der Waals surface area contributed by atoms with Crippen molar-refractivity contribution in [1.29, 1.82) is 0 Å². The maximum Gasteiger partial charge on any atom is 0.339 e. The molecule has 0 aliphatic rings. The largest absolute Gasteiger partial charge is 0.481 e. The van der Waals surface area contributed by atoms with Gasteiger partial charge in [-0.2, -0.15) is 0 Å². The number of aliphatic carboxylic acids is 1. The van der Waals surface area contributed by atoms with Gasteiger partial charge in [0.25, 0.3) is 0 Å². The Balaban J connectivity index is 2.43. The summed E-state index contributed by atoms with van der Waals surface area (Å²) < 4.78 is 5.24. The molecular formula is C14H15NO4. The van der Waals surface area contributed by atoms with E-state index in [0.29, 0.717) is 11.1 Å². The predicted octanol–water partition coefficient (Wildman–Crippen LogP) is 1.88. The van der Waals surface area contributed by atoms with Crippen LogP contribution < -0.4 is 10.5 Å². The first-order valence-electron chi connectivity index (χ1n) is 5.93. The summed E-state index contributed by atoms with van der Waals surface area (Å²) in [6.45, 7) is 0. The number of carboxylic acids is 1. The first kappa shape index (κ1) is 13.1. The molecule has 0 radical (unpaired) electrons. The summed E-state index contributed by atoms with van der Waals surface area (Å²) in [6.07, 6.45) is 0.106. The van der Waals surface area contributed by atoms with Crippen LogP contribution in [0.25, 0.3) is 11.0 Å². The molecule has 1 aromatic carbocycles. The monoisotopic (exact) mass is 261 g/mol. The zero-order chi connectivity index (χ0) is 14.0. The standard InChI is InChI=1S/C14H15NO4/c1-15(2)11-5-3-9-7-10(4-6-13(16)17)14(18)19-12(9)8-11/h3,5,7-8H,4,6H2,1-2H3,(H,16,17). The number of aryl methyl sites for hydroxylation is 1. The van der Waals surface area contributed by atoms with Gasteiger partial charge in [0.1, 0.15) is 5.58 Å². The average Bonchev–Trinajstić information content (AvgIpc) is 2.35. The highest BCUT2D eigenvalue weighted by atomic mass is 16.4. The van der Waals surface area contributed by atoms with Crippen molar-refractivity contribution in [1.82, 2.24) is 0 Å². The SMILES string of the molecule is CN(C)c1ccc2cc(CCC(=O)O)c(=O)oc2c1. The molecule has 0 unspecified atom stereocenters. The minimum Gasteiger partial charge on any atom is -0.481 e. The number of carboxylic acid groups (broad SMARTS) is 1. The van der Waals surface area contributed by atoms with Crippen molar-refractivity contribution in [2.45, 2.75) is 12.8 Å². The maximum absolute atomic E-state index is 11.8. The Morgan fingerprint density at radius 3 is 2.68 bits per heavy atom. The lowest BCUT2D eigenvalue weighted by molar-refractivity contribution is -0.136. The van der Waals surface area contributed by atoms with E-state index in [1.807, 2.05) is 31.1 Å². The van der Waals surface area contributed by atoms with E-state index in [-0.39, 0.29) is 12.8 Å². The summed E-state index contributed by atoms with van der Waals surface area (Å²) in [4.78, 5) is 24.2. The molecule has 0 amide bonds. The molecule has 2 aromatic rings. The van der Waals surface area contributed by atoms with Gasteiger partial charge in [-0.15, -0.1) is 0 Å². The number of benzene rings is 1. The molecule has 19 heavy (non-hydrogen) atoms. The molecule has 2 rings (SSSR count). The molecule has 0 fully saturated rings. The summed E-state index contributed by atoms with van der Waals surface area (Å²) in [5.41, 5.74) is 1.38. The van der Waals surface area contributed by atoms with Gasteiger partial charge in [-0.25, -0.2) is 4.79 Å². The Bertz CT molecular complexity index is 673. The molecule has 1 heterocycles. The summed E-state index contributed by atoms with van der Waals surface area (Å²) in [6, 6.07) is 7.27. The fourth-order valence-electron chi connectivity index (χ4n) is 1.84. The van der Waals surface area contributed by atoms with Crippen LogP contribution >= 0.6 is 0 Å². The lowest BCUT2D eigenvalue weighted by Crippen LogP contribution is -2.11. The Labute approximate surface area is 110 Å². The second-order valence-electron chi connectivity index (χ2n) is 4.57. The first-order valence-corrected chi connectivity index (χ1v) is 5.93. The summed E-state index contributed by atoms with van der Waals surface area (Å²) in [5, 5.41) is 9.44. The zero-order valence-electron chi connectivity index (χ0n) is 10.8. The number of hydrogen-bond donors (Lipinski definition) is 1. The lowest BCUT2D eigenvalue weighted by Gasteiger charge is -2.12. The average molecular weight is 261 g/mol. The molecule has 0 saturated carbocycles. The Hall–Kier alpha value is -2.30. The van der Waals surface area contributed by atoms with Gasteiger partial charge in [0.15, 0.2) is 0 Å². The molecule has 0 aliphatic heterocycles. The van der Waals surface area contributed by atoms with Crippen molar-refractivity contribution in [3.63, 3.8) is 0 Å². The van der Waals surface area contributed by atoms with Gasteiger partial charge >= 0.3 is 11.6 Å². The van der Waals surface area contributed by atoms with E-state index in [4.69, 9.17) is 9.52 Å².